The van der Waals surface area contributed by atoms with Gasteiger partial charge in [-0.05, 0) is 90.1 Å². The van der Waals surface area contributed by atoms with Crippen LogP contribution in [0.3, 0.4) is 0 Å². The third-order valence-corrected chi connectivity index (χ3v) is 7.60. The van der Waals surface area contributed by atoms with E-state index in [9.17, 15) is 13.4 Å². The summed E-state index contributed by atoms with van der Waals surface area (Å²) in [5, 5.41) is 8.90. The van der Waals surface area contributed by atoms with Crippen molar-refractivity contribution in [1.29, 1.82) is 0 Å². The molecule has 1 unspecified atom stereocenters. The lowest BCUT2D eigenvalue weighted by atomic mass is 9.88. The minimum atomic E-state index is -3.46. The lowest BCUT2D eigenvalue weighted by Crippen LogP contribution is -2.19. The first-order chi connectivity index (χ1) is 17.3. The predicted molar refractivity (Wildman–Crippen MR) is 151 cm³/mol. The van der Waals surface area contributed by atoms with E-state index in [4.69, 9.17) is 16.7 Å². The number of amides is 2. The third-order valence-electron chi connectivity index (χ3n) is 5.91. The van der Waals surface area contributed by atoms with Crippen LogP contribution in [0.15, 0.2) is 63.9 Å². The lowest BCUT2D eigenvalue weighted by molar-refractivity contribution is 0.260. The molecule has 0 aliphatic heterocycles. The minimum Gasteiger partial charge on any atom is -0.305 e. The first kappa shape index (κ1) is 28.8. The number of carbonyl (C=O) groups is 1. The third kappa shape index (κ3) is 7.17. The monoisotopic (exact) mass is 544 g/mol. The number of hydrogen-bond donors (Lipinski definition) is 2. The van der Waals surface area contributed by atoms with E-state index in [1.165, 1.54) is 12.1 Å². The number of halogens is 2. The van der Waals surface area contributed by atoms with Crippen molar-refractivity contribution in [2.75, 3.05) is 19.4 Å². The molecule has 0 saturated heterocycles. The van der Waals surface area contributed by atoms with Crippen LogP contribution < -0.4 is 10.5 Å². The second-order valence-corrected chi connectivity index (χ2v) is 12.1. The van der Waals surface area contributed by atoms with Gasteiger partial charge in [-0.15, -0.1) is 4.36 Å². The van der Waals surface area contributed by atoms with E-state index in [0.29, 0.717) is 11.3 Å². The second kappa shape index (κ2) is 11.7. The average molecular weight is 545 g/mol. The zero-order valence-corrected chi connectivity index (χ0v) is 23.6. The zero-order valence-electron chi connectivity index (χ0n) is 22.0. The van der Waals surface area contributed by atoms with Gasteiger partial charge in [0.15, 0.2) is 0 Å². The van der Waals surface area contributed by atoms with Crippen molar-refractivity contribution in [2.45, 2.75) is 51.0 Å². The summed E-state index contributed by atoms with van der Waals surface area (Å²) in [5.41, 5.74) is 4.79. The van der Waals surface area contributed by atoms with Crippen molar-refractivity contribution < 1.29 is 13.4 Å². The Balaban J connectivity index is 2.01. The Labute approximate surface area is 224 Å². The van der Waals surface area contributed by atoms with Crippen molar-refractivity contribution in [3.8, 4) is 11.1 Å². The molecule has 3 rings (SSSR count). The molecule has 0 spiro atoms. The van der Waals surface area contributed by atoms with Crippen molar-refractivity contribution in [3.63, 3.8) is 0 Å². The molecule has 9 heteroatoms. The molecule has 6 nitrogen and oxygen atoms in total. The number of anilines is 1. The van der Waals surface area contributed by atoms with E-state index in [1.54, 1.807) is 18.2 Å². The summed E-state index contributed by atoms with van der Waals surface area (Å²) in [6.45, 7) is 8.72. The Kier molecular flexibility index (Phi) is 9.13. The summed E-state index contributed by atoms with van der Waals surface area (Å²) in [6.07, 6.45) is 0. The number of nitrogens with one attached hydrogen (secondary N) is 1. The van der Waals surface area contributed by atoms with Crippen LogP contribution in [0.5, 0.6) is 0 Å². The van der Waals surface area contributed by atoms with Gasteiger partial charge in [-0.1, -0.05) is 57.5 Å². The van der Waals surface area contributed by atoms with Crippen molar-refractivity contribution >= 4 is 33.2 Å². The van der Waals surface area contributed by atoms with Gasteiger partial charge in [0.25, 0.3) is 0 Å². The molecule has 1 atom stereocenters. The van der Waals surface area contributed by atoms with Gasteiger partial charge in [0, 0.05) is 12.2 Å². The highest BCUT2D eigenvalue weighted by Gasteiger charge is 2.20. The number of rotatable bonds is 7. The zero-order chi connectivity index (χ0) is 27.5. The molecule has 0 fully saturated rings. The molecule has 3 aromatic rings. The fraction of sp³-hybridized carbons (Fsp3) is 0.321. The number of nitrogens with two attached hydrogens (primary N) is 1. The molecule has 0 saturated carbocycles. The maximum Gasteiger partial charge on any atom is 0.354 e. The van der Waals surface area contributed by atoms with E-state index in [2.05, 4.69) is 9.68 Å². The summed E-state index contributed by atoms with van der Waals surface area (Å²) in [7, 11) is 0.454. The fourth-order valence-corrected chi connectivity index (χ4v) is 5.09. The molecule has 0 aromatic heterocycles. The van der Waals surface area contributed by atoms with Gasteiger partial charge < -0.3 is 10.2 Å². The Morgan fingerprint density at radius 2 is 1.57 bits per heavy atom. The van der Waals surface area contributed by atoms with Crippen LogP contribution in [0.25, 0.3) is 11.1 Å². The van der Waals surface area contributed by atoms with Crippen LogP contribution in [0.1, 0.15) is 56.2 Å². The second-order valence-electron chi connectivity index (χ2n) is 9.94. The van der Waals surface area contributed by atoms with Crippen molar-refractivity contribution in [1.82, 2.24) is 4.90 Å². The summed E-state index contributed by atoms with van der Waals surface area (Å²) in [4.78, 5) is 15.3. The van der Waals surface area contributed by atoms with Crippen LogP contribution in [-0.4, -0.2) is 29.2 Å². The van der Waals surface area contributed by atoms with Crippen LogP contribution >= 0.6 is 11.6 Å². The molecule has 2 amide bonds. The molecule has 37 heavy (non-hydrogen) atoms. The van der Waals surface area contributed by atoms with E-state index in [-0.39, 0.29) is 21.8 Å². The fourth-order valence-electron chi connectivity index (χ4n) is 4.05. The van der Waals surface area contributed by atoms with Crippen molar-refractivity contribution in [3.05, 3.63) is 82.1 Å². The highest BCUT2D eigenvalue weighted by molar-refractivity contribution is 7.91. The average Bonchev–Trinajstić information content (AvgIpc) is 2.80. The Hall–Kier alpha value is -2.78. The quantitative estimate of drug-likeness (QED) is 0.325. The van der Waals surface area contributed by atoms with Crippen LogP contribution in [-0.2, 0) is 16.5 Å². The molecule has 0 radical (unpaired) electrons. The summed E-state index contributed by atoms with van der Waals surface area (Å²) >= 11 is 5.87. The molecule has 3 N–H and O–H groups in total. The standard InChI is InChI=1S/C28H34ClFN4O2S/c1-17(2)23-13-21(20-9-12-25(29)26(30)15-20)14-24(18(3)4)27(23)32-28(35)33-37(31,36)22-10-7-19(8-11-22)16-34(5)6/h7-15,17-18H,16H2,1-6H3,(H3,31,32,33,35,36). The number of urea groups is 1. The number of nitrogens with zero attached hydrogens (tertiary/aromatic N) is 2. The molecule has 198 valence electrons. The van der Waals surface area contributed by atoms with E-state index < -0.39 is 21.8 Å². The Morgan fingerprint density at radius 3 is 2.05 bits per heavy atom. The molecule has 0 heterocycles. The molecule has 0 aliphatic rings. The molecule has 0 aliphatic carbocycles. The smallest absolute Gasteiger partial charge is 0.305 e. The van der Waals surface area contributed by atoms with Crippen LogP contribution in [0.4, 0.5) is 14.9 Å². The summed E-state index contributed by atoms with van der Waals surface area (Å²) < 4.78 is 31.2. The van der Waals surface area contributed by atoms with Gasteiger partial charge >= 0.3 is 6.03 Å². The van der Waals surface area contributed by atoms with Gasteiger partial charge in [0.1, 0.15) is 15.7 Å². The van der Waals surface area contributed by atoms with Gasteiger partial charge in [-0.2, -0.15) is 0 Å². The number of benzene rings is 3. The minimum absolute atomic E-state index is 0.0244. The van der Waals surface area contributed by atoms with Gasteiger partial charge in [0.05, 0.1) is 9.92 Å². The highest BCUT2D eigenvalue weighted by atomic mass is 35.5. The van der Waals surface area contributed by atoms with E-state index >= 15 is 0 Å². The number of hydrogen-bond acceptors (Lipinski definition) is 3. The maximum absolute atomic E-state index is 14.2. The number of carbonyl (C=O) groups excluding carboxylic acids is 1. The Morgan fingerprint density at radius 1 is 1.00 bits per heavy atom. The Bertz CT molecular complexity index is 1380. The van der Waals surface area contributed by atoms with Crippen LogP contribution in [0, 0.1) is 5.82 Å². The first-order valence-corrected chi connectivity index (χ1v) is 14.0. The SMILES string of the molecule is CC(C)c1cc(-c2ccc(Cl)c(F)c2)cc(C(C)C)c1NC(=O)N=S(N)(=O)c1ccc(CN(C)C)cc1. The predicted octanol–water partition coefficient (Wildman–Crippen LogP) is 7.39. The van der Waals surface area contributed by atoms with Crippen molar-refractivity contribution in [2.24, 2.45) is 9.50 Å². The molecule has 3 aromatic carbocycles. The lowest BCUT2D eigenvalue weighted by Gasteiger charge is -2.22. The highest BCUT2D eigenvalue weighted by Crippen LogP contribution is 2.38. The molecular formula is C28H34ClFN4O2S. The largest absolute Gasteiger partial charge is 0.354 e. The normalized spacial score (nSPS) is 13.2. The summed E-state index contributed by atoms with van der Waals surface area (Å²) in [6, 6.07) is 14.6. The van der Waals surface area contributed by atoms with Gasteiger partial charge in [-0.25, -0.2) is 18.5 Å². The van der Waals surface area contributed by atoms with Crippen LogP contribution in [0.2, 0.25) is 5.02 Å². The summed E-state index contributed by atoms with van der Waals surface area (Å²) in [5.74, 6) is -0.451. The van der Waals surface area contributed by atoms with Gasteiger partial charge in [0.2, 0.25) is 0 Å². The topological polar surface area (TPSA) is 87.8 Å². The molecular weight excluding hydrogens is 511 g/mol. The van der Waals surface area contributed by atoms with E-state index in [0.717, 1.165) is 28.8 Å². The van der Waals surface area contributed by atoms with E-state index in [1.807, 2.05) is 71.0 Å². The maximum atomic E-state index is 14.2. The van der Waals surface area contributed by atoms with Gasteiger partial charge in [-0.3, -0.25) is 0 Å². The first-order valence-electron chi connectivity index (χ1n) is 12.0. The molecule has 0 bridgehead atoms.